The monoisotopic (exact) mass is 421 g/mol. The van der Waals surface area contributed by atoms with Crippen LogP contribution in [-0.2, 0) is 0 Å². The number of rotatable bonds is 4. The van der Waals surface area contributed by atoms with Crippen LogP contribution in [0.25, 0.3) is 0 Å². The predicted molar refractivity (Wildman–Crippen MR) is 73.7 cm³/mol. The van der Waals surface area contributed by atoms with Crippen molar-refractivity contribution in [2.24, 2.45) is 5.73 Å². The summed E-state index contributed by atoms with van der Waals surface area (Å²) in [6.07, 6.45) is -4.46. The van der Waals surface area contributed by atoms with E-state index in [1.54, 1.807) is 0 Å². The molecular weight excluding hydrogens is 410 g/mol. The van der Waals surface area contributed by atoms with Crippen LogP contribution in [0, 0.1) is 3.57 Å². The van der Waals surface area contributed by atoms with Crippen molar-refractivity contribution in [2.75, 3.05) is 0 Å². The molecule has 1 unspecified atom stereocenters. The number of nitrogens with two attached hydrogens (primary N) is 1. The quantitative estimate of drug-likeness (QED) is 0.695. The summed E-state index contributed by atoms with van der Waals surface area (Å²) in [6.45, 7) is 0. The van der Waals surface area contributed by atoms with Gasteiger partial charge in [-0.3, -0.25) is 0 Å². The van der Waals surface area contributed by atoms with Crippen LogP contribution in [-0.4, -0.2) is 6.18 Å². The summed E-state index contributed by atoms with van der Waals surface area (Å²) < 4.78 is 37.9. The van der Waals surface area contributed by atoms with Gasteiger partial charge in [0.05, 0.1) is 0 Å². The molecule has 6 heteroatoms. The van der Waals surface area contributed by atoms with Crippen LogP contribution >= 0.6 is 38.5 Å². The third-order valence-corrected chi connectivity index (χ3v) is 3.81. The van der Waals surface area contributed by atoms with Gasteiger partial charge >= 0.3 is 6.18 Å². The fourth-order valence-corrected chi connectivity index (χ4v) is 2.59. The molecule has 0 aromatic heterocycles. The van der Waals surface area contributed by atoms with Gasteiger partial charge in [0.1, 0.15) is 0 Å². The standard InChI is InChI=1S/C11H12BrF3IN/c12-7-3-4-9(16)8(6-7)10(17)2-1-5-11(13,14)15/h3-4,6,10H,1-2,5,17H2. The van der Waals surface area contributed by atoms with E-state index in [1.807, 2.05) is 18.2 Å². The maximum absolute atomic E-state index is 12.0. The van der Waals surface area contributed by atoms with E-state index < -0.39 is 12.6 Å². The molecule has 0 aliphatic rings. The van der Waals surface area contributed by atoms with Gasteiger partial charge in [0.2, 0.25) is 0 Å². The summed E-state index contributed by atoms with van der Waals surface area (Å²) in [6, 6.07) is 5.29. The van der Waals surface area contributed by atoms with Crippen molar-refractivity contribution in [2.45, 2.75) is 31.5 Å². The van der Waals surface area contributed by atoms with Crippen LogP contribution in [0.5, 0.6) is 0 Å². The Kier molecular flexibility index (Phi) is 5.72. The van der Waals surface area contributed by atoms with Crippen molar-refractivity contribution in [1.82, 2.24) is 0 Å². The lowest BCUT2D eigenvalue weighted by Gasteiger charge is -2.15. The molecule has 0 amide bonds. The summed E-state index contributed by atoms with van der Waals surface area (Å²) in [7, 11) is 0. The van der Waals surface area contributed by atoms with Crippen LogP contribution in [0.3, 0.4) is 0 Å². The highest BCUT2D eigenvalue weighted by atomic mass is 127. The zero-order chi connectivity index (χ0) is 13.1. The second-order valence-corrected chi connectivity index (χ2v) is 5.86. The number of halogens is 5. The molecule has 0 saturated carbocycles. The Balaban J connectivity index is 2.58. The largest absolute Gasteiger partial charge is 0.389 e. The van der Waals surface area contributed by atoms with Crippen LogP contribution in [0.15, 0.2) is 22.7 Å². The summed E-state index contributed by atoms with van der Waals surface area (Å²) >= 11 is 5.46. The molecule has 0 fully saturated rings. The van der Waals surface area contributed by atoms with Gasteiger partial charge in [-0.15, -0.1) is 0 Å². The van der Waals surface area contributed by atoms with Crippen molar-refractivity contribution in [3.05, 3.63) is 31.8 Å². The molecular formula is C11H12BrF3IN. The fraction of sp³-hybridized carbons (Fsp3) is 0.455. The molecule has 1 atom stereocenters. The number of alkyl halides is 3. The average molecular weight is 422 g/mol. The van der Waals surface area contributed by atoms with E-state index in [0.717, 1.165) is 13.6 Å². The molecule has 0 heterocycles. The lowest BCUT2D eigenvalue weighted by atomic mass is 10.0. The first-order valence-electron chi connectivity index (χ1n) is 5.07. The minimum atomic E-state index is -4.09. The highest BCUT2D eigenvalue weighted by Gasteiger charge is 2.26. The summed E-state index contributed by atoms with van der Waals surface area (Å²) in [5.74, 6) is 0. The molecule has 96 valence electrons. The normalized spacial score (nSPS) is 13.8. The smallest absolute Gasteiger partial charge is 0.324 e. The molecule has 1 nitrogen and oxygen atoms in total. The van der Waals surface area contributed by atoms with Gasteiger partial charge in [-0.25, -0.2) is 0 Å². The maximum Gasteiger partial charge on any atom is 0.389 e. The molecule has 17 heavy (non-hydrogen) atoms. The zero-order valence-corrected chi connectivity index (χ0v) is 12.6. The molecule has 0 aliphatic carbocycles. The Labute approximate surface area is 120 Å². The van der Waals surface area contributed by atoms with E-state index in [2.05, 4.69) is 38.5 Å². The van der Waals surface area contributed by atoms with E-state index in [-0.39, 0.29) is 12.5 Å². The van der Waals surface area contributed by atoms with Crippen molar-refractivity contribution in [1.29, 1.82) is 0 Å². The first-order chi connectivity index (χ1) is 7.79. The molecule has 0 spiro atoms. The first kappa shape index (κ1) is 15.2. The van der Waals surface area contributed by atoms with E-state index >= 15 is 0 Å². The molecule has 2 N–H and O–H groups in total. The predicted octanol–water partition coefficient (Wildman–Crippen LogP) is 4.79. The summed E-state index contributed by atoms with van der Waals surface area (Å²) in [5.41, 5.74) is 6.79. The van der Waals surface area contributed by atoms with Gasteiger partial charge < -0.3 is 5.73 Å². The van der Waals surface area contributed by atoms with E-state index in [1.165, 1.54) is 0 Å². The summed E-state index contributed by atoms with van der Waals surface area (Å²) in [5, 5.41) is 0. The minimum Gasteiger partial charge on any atom is -0.324 e. The first-order valence-corrected chi connectivity index (χ1v) is 6.94. The van der Waals surface area contributed by atoms with Crippen molar-refractivity contribution in [3.8, 4) is 0 Å². The van der Waals surface area contributed by atoms with E-state index in [9.17, 15) is 13.2 Å². The lowest BCUT2D eigenvalue weighted by Crippen LogP contribution is -2.14. The Morgan fingerprint density at radius 2 is 2.00 bits per heavy atom. The van der Waals surface area contributed by atoms with Crippen molar-refractivity contribution in [3.63, 3.8) is 0 Å². The molecule has 1 aromatic carbocycles. The summed E-state index contributed by atoms with van der Waals surface area (Å²) in [4.78, 5) is 0. The Morgan fingerprint density at radius 3 is 2.59 bits per heavy atom. The van der Waals surface area contributed by atoms with Gasteiger partial charge in [-0.2, -0.15) is 13.2 Å². The molecule has 1 rings (SSSR count). The SMILES string of the molecule is NC(CCCC(F)(F)F)c1cc(Br)ccc1I. The third kappa shape index (κ3) is 5.56. The van der Waals surface area contributed by atoms with Crippen LogP contribution < -0.4 is 5.73 Å². The molecule has 0 saturated heterocycles. The number of hydrogen-bond acceptors (Lipinski definition) is 1. The Bertz CT molecular complexity index is 381. The molecule has 0 radical (unpaired) electrons. The lowest BCUT2D eigenvalue weighted by molar-refractivity contribution is -0.135. The minimum absolute atomic E-state index is 0.0628. The van der Waals surface area contributed by atoms with Crippen LogP contribution in [0.1, 0.15) is 30.9 Å². The molecule has 0 aliphatic heterocycles. The van der Waals surface area contributed by atoms with Crippen molar-refractivity contribution >= 4 is 38.5 Å². The highest BCUT2D eigenvalue weighted by molar-refractivity contribution is 14.1. The average Bonchev–Trinajstić information content (AvgIpc) is 2.19. The Morgan fingerprint density at radius 1 is 1.35 bits per heavy atom. The van der Waals surface area contributed by atoms with Gasteiger partial charge in [-0.05, 0) is 59.2 Å². The number of benzene rings is 1. The van der Waals surface area contributed by atoms with Gasteiger partial charge in [-0.1, -0.05) is 15.9 Å². The second-order valence-electron chi connectivity index (χ2n) is 3.78. The van der Waals surface area contributed by atoms with Gasteiger partial charge in [0, 0.05) is 20.5 Å². The second kappa shape index (κ2) is 6.38. The van der Waals surface area contributed by atoms with Crippen LogP contribution in [0.2, 0.25) is 0 Å². The van der Waals surface area contributed by atoms with E-state index in [4.69, 9.17) is 5.73 Å². The van der Waals surface area contributed by atoms with Gasteiger partial charge in [0.25, 0.3) is 0 Å². The zero-order valence-electron chi connectivity index (χ0n) is 8.90. The fourth-order valence-electron chi connectivity index (χ4n) is 1.48. The maximum atomic E-state index is 12.0. The number of hydrogen-bond donors (Lipinski definition) is 1. The molecule has 0 bridgehead atoms. The van der Waals surface area contributed by atoms with Crippen molar-refractivity contribution < 1.29 is 13.2 Å². The Hall–Kier alpha value is 0.180. The third-order valence-electron chi connectivity index (χ3n) is 2.33. The molecule has 1 aromatic rings. The van der Waals surface area contributed by atoms with Gasteiger partial charge in [0.15, 0.2) is 0 Å². The topological polar surface area (TPSA) is 26.0 Å². The van der Waals surface area contributed by atoms with E-state index in [0.29, 0.717) is 6.42 Å². The van der Waals surface area contributed by atoms with Crippen LogP contribution in [0.4, 0.5) is 13.2 Å². The highest BCUT2D eigenvalue weighted by Crippen LogP contribution is 2.28.